The predicted octanol–water partition coefficient (Wildman–Crippen LogP) is 1.48. The minimum Gasteiger partial charge on any atom is -0.508 e. The first-order chi connectivity index (χ1) is 7.50. The molecule has 0 saturated heterocycles. The second-order valence-corrected chi connectivity index (χ2v) is 5.57. The molecule has 1 aromatic rings. The fourth-order valence-corrected chi connectivity index (χ4v) is 1.87. The molecule has 1 aromatic carbocycles. The van der Waals surface area contributed by atoms with Gasteiger partial charge in [-0.1, -0.05) is 6.07 Å². The van der Waals surface area contributed by atoms with Crippen LogP contribution in [0.15, 0.2) is 12.1 Å². The summed E-state index contributed by atoms with van der Waals surface area (Å²) in [4.78, 5) is 0. The number of aryl methyl sites for hydroxylation is 2. The van der Waals surface area contributed by atoms with Gasteiger partial charge in [0.1, 0.15) is 5.75 Å². The smallest absolute Gasteiger partial charge is 0.120 e. The van der Waals surface area contributed by atoms with Crippen LogP contribution in [-0.2, 0) is 17.3 Å². The first kappa shape index (κ1) is 13.2. The Morgan fingerprint density at radius 3 is 2.56 bits per heavy atom. The molecule has 0 aliphatic rings. The van der Waals surface area contributed by atoms with Crippen LogP contribution in [-0.4, -0.2) is 27.9 Å². The minimum absolute atomic E-state index is 0.327. The van der Waals surface area contributed by atoms with E-state index in [1.54, 1.807) is 12.3 Å². The number of rotatable bonds is 5. The van der Waals surface area contributed by atoms with Gasteiger partial charge in [-0.05, 0) is 31.0 Å². The zero-order valence-corrected chi connectivity index (χ0v) is 10.9. The largest absolute Gasteiger partial charge is 0.508 e. The van der Waals surface area contributed by atoms with E-state index < -0.39 is 10.8 Å². The van der Waals surface area contributed by atoms with E-state index in [1.165, 1.54) is 5.56 Å². The van der Waals surface area contributed by atoms with Gasteiger partial charge in [-0.3, -0.25) is 4.21 Å². The Bertz CT molecular complexity index is 391. The quantitative estimate of drug-likeness (QED) is 0.768. The van der Waals surface area contributed by atoms with Crippen LogP contribution in [0.25, 0.3) is 0 Å². The molecule has 90 valence electrons. The Hall–Kier alpha value is -0.870. The van der Waals surface area contributed by atoms with Gasteiger partial charge in [0.15, 0.2) is 0 Å². The van der Waals surface area contributed by atoms with Crippen molar-refractivity contribution in [1.82, 2.24) is 5.32 Å². The highest BCUT2D eigenvalue weighted by molar-refractivity contribution is 7.84. The van der Waals surface area contributed by atoms with E-state index in [2.05, 4.69) is 5.32 Å². The molecular formula is C12H19NO2S. The van der Waals surface area contributed by atoms with Crippen molar-refractivity contribution in [2.45, 2.75) is 20.4 Å². The summed E-state index contributed by atoms with van der Waals surface area (Å²) in [6, 6.07) is 3.77. The maximum Gasteiger partial charge on any atom is 0.120 e. The lowest BCUT2D eigenvalue weighted by molar-refractivity contribution is 0.464. The summed E-state index contributed by atoms with van der Waals surface area (Å²) in [5.74, 6) is 0.972. The molecule has 0 radical (unpaired) electrons. The number of nitrogens with one attached hydrogen (secondary N) is 1. The molecule has 4 heteroatoms. The highest BCUT2D eigenvalue weighted by Crippen LogP contribution is 2.21. The van der Waals surface area contributed by atoms with Crippen LogP contribution in [0.2, 0.25) is 0 Å². The summed E-state index contributed by atoms with van der Waals surface area (Å²) < 4.78 is 10.8. The van der Waals surface area contributed by atoms with Crippen LogP contribution in [0.3, 0.4) is 0 Å². The topological polar surface area (TPSA) is 49.3 Å². The molecule has 0 bridgehead atoms. The Balaban J connectivity index is 2.54. The first-order valence-electron chi connectivity index (χ1n) is 5.30. The Morgan fingerprint density at radius 1 is 1.31 bits per heavy atom. The number of phenols is 1. The molecule has 0 aliphatic carbocycles. The Labute approximate surface area is 99.3 Å². The third kappa shape index (κ3) is 3.94. The van der Waals surface area contributed by atoms with Crippen molar-refractivity contribution in [3.05, 3.63) is 28.8 Å². The molecule has 3 nitrogen and oxygen atoms in total. The van der Waals surface area contributed by atoms with Gasteiger partial charge >= 0.3 is 0 Å². The molecule has 16 heavy (non-hydrogen) atoms. The van der Waals surface area contributed by atoms with Gasteiger partial charge in [0, 0.05) is 41.5 Å². The van der Waals surface area contributed by atoms with Crippen LogP contribution in [0, 0.1) is 13.8 Å². The molecule has 0 aromatic heterocycles. The second-order valence-electron chi connectivity index (χ2n) is 4.02. The third-order valence-corrected chi connectivity index (χ3v) is 3.36. The van der Waals surface area contributed by atoms with E-state index in [-0.39, 0.29) is 0 Å². The number of hydrogen-bond donors (Lipinski definition) is 2. The summed E-state index contributed by atoms with van der Waals surface area (Å²) in [5, 5.41) is 12.9. The van der Waals surface area contributed by atoms with E-state index in [0.29, 0.717) is 24.6 Å². The van der Waals surface area contributed by atoms with E-state index in [9.17, 15) is 9.32 Å². The Kier molecular flexibility index (Phi) is 4.96. The molecule has 0 saturated carbocycles. The molecule has 0 fully saturated rings. The number of hydrogen-bond acceptors (Lipinski definition) is 3. The first-order valence-corrected chi connectivity index (χ1v) is 7.03. The molecule has 0 spiro atoms. The molecular weight excluding hydrogens is 222 g/mol. The fraction of sp³-hybridized carbons (Fsp3) is 0.500. The second kappa shape index (κ2) is 6.01. The van der Waals surface area contributed by atoms with Crippen molar-refractivity contribution in [1.29, 1.82) is 0 Å². The van der Waals surface area contributed by atoms with Crippen molar-refractivity contribution in [2.75, 3.05) is 18.6 Å². The number of benzene rings is 1. The molecule has 1 unspecified atom stereocenters. The van der Waals surface area contributed by atoms with Gasteiger partial charge in [-0.2, -0.15) is 0 Å². The summed E-state index contributed by atoms with van der Waals surface area (Å²) in [6.07, 6.45) is 1.69. The standard InChI is InChI=1S/C12H19NO2S/c1-9-6-11(12(14)7-10(9)2)8-13-4-5-16(3)15/h6-7,13-14H,4-5,8H2,1-3H3. The maximum absolute atomic E-state index is 10.8. The van der Waals surface area contributed by atoms with Crippen LogP contribution >= 0.6 is 0 Å². The van der Waals surface area contributed by atoms with Crippen molar-refractivity contribution < 1.29 is 9.32 Å². The lowest BCUT2D eigenvalue weighted by atomic mass is 10.1. The van der Waals surface area contributed by atoms with E-state index >= 15 is 0 Å². The third-order valence-electron chi connectivity index (χ3n) is 2.58. The lowest BCUT2D eigenvalue weighted by Gasteiger charge is -2.09. The summed E-state index contributed by atoms with van der Waals surface area (Å²) in [6.45, 7) is 5.32. The molecule has 2 N–H and O–H groups in total. The SMILES string of the molecule is Cc1cc(O)c(CNCCS(C)=O)cc1C. The van der Waals surface area contributed by atoms with E-state index in [1.807, 2.05) is 19.9 Å². The van der Waals surface area contributed by atoms with Crippen molar-refractivity contribution >= 4 is 10.8 Å². The normalized spacial score (nSPS) is 12.7. The summed E-state index contributed by atoms with van der Waals surface area (Å²) in [5.41, 5.74) is 3.16. The van der Waals surface area contributed by atoms with Crippen molar-refractivity contribution in [3.8, 4) is 5.75 Å². The average Bonchev–Trinajstić information content (AvgIpc) is 2.19. The number of aromatic hydroxyl groups is 1. The van der Waals surface area contributed by atoms with Gasteiger partial charge in [-0.15, -0.1) is 0 Å². The summed E-state index contributed by atoms with van der Waals surface area (Å²) >= 11 is 0. The zero-order valence-electron chi connectivity index (χ0n) is 10.0. The molecule has 0 amide bonds. The predicted molar refractivity (Wildman–Crippen MR) is 68.2 cm³/mol. The minimum atomic E-state index is -0.762. The van der Waals surface area contributed by atoms with Crippen LogP contribution < -0.4 is 5.32 Å². The van der Waals surface area contributed by atoms with Gasteiger partial charge in [0.05, 0.1) is 0 Å². The summed E-state index contributed by atoms with van der Waals surface area (Å²) in [7, 11) is -0.762. The monoisotopic (exact) mass is 241 g/mol. The lowest BCUT2D eigenvalue weighted by Crippen LogP contribution is -2.19. The molecule has 1 atom stereocenters. The van der Waals surface area contributed by atoms with Crippen molar-refractivity contribution in [2.24, 2.45) is 0 Å². The van der Waals surface area contributed by atoms with Gasteiger partial charge in [-0.25, -0.2) is 0 Å². The fourth-order valence-electron chi connectivity index (χ4n) is 1.44. The molecule has 0 heterocycles. The Morgan fingerprint density at radius 2 is 1.94 bits per heavy atom. The van der Waals surface area contributed by atoms with E-state index in [4.69, 9.17) is 0 Å². The van der Waals surface area contributed by atoms with Gasteiger partial charge < -0.3 is 10.4 Å². The number of phenolic OH excluding ortho intramolecular Hbond substituents is 1. The highest BCUT2D eigenvalue weighted by Gasteiger charge is 2.03. The van der Waals surface area contributed by atoms with Crippen LogP contribution in [0.4, 0.5) is 0 Å². The van der Waals surface area contributed by atoms with Crippen LogP contribution in [0.1, 0.15) is 16.7 Å². The molecule has 0 aliphatic heterocycles. The van der Waals surface area contributed by atoms with Crippen LogP contribution in [0.5, 0.6) is 5.75 Å². The van der Waals surface area contributed by atoms with Gasteiger partial charge in [0.25, 0.3) is 0 Å². The highest BCUT2D eigenvalue weighted by atomic mass is 32.2. The zero-order chi connectivity index (χ0) is 12.1. The van der Waals surface area contributed by atoms with Crippen molar-refractivity contribution in [3.63, 3.8) is 0 Å². The van der Waals surface area contributed by atoms with E-state index in [0.717, 1.165) is 11.1 Å². The maximum atomic E-state index is 10.8. The van der Waals surface area contributed by atoms with Gasteiger partial charge in [0.2, 0.25) is 0 Å². The average molecular weight is 241 g/mol. The molecule has 1 rings (SSSR count).